The van der Waals surface area contributed by atoms with Gasteiger partial charge in [-0.2, -0.15) is 0 Å². The maximum atomic E-state index is 2.91. The molecule has 0 unspecified atom stereocenters. The molecule has 3 aliphatic carbocycles. The maximum absolute atomic E-state index is 2.91. The Labute approximate surface area is 191 Å². The van der Waals surface area contributed by atoms with Gasteiger partial charge in [-0.05, 0) is 63.0 Å². The maximum Gasteiger partial charge on any atom is 0.0741 e. The van der Waals surface area contributed by atoms with Crippen molar-refractivity contribution >= 4 is 32.7 Å². The summed E-state index contributed by atoms with van der Waals surface area (Å²) in [6, 6.07) is 15.6. The molecule has 0 saturated heterocycles. The van der Waals surface area contributed by atoms with Crippen LogP contribution in [0.4, 0.5) is 0 Å². The summed E-state index contributed by atoms with van der Waals surface area (Å²) in [5.41, 5.74) is 8.03. The first-order valence-corrected chi connectivity index (χ1v) is 13.5. The van der Waals surface area contributed by atoms with E-state index in [2.05, 4.69) is 45.5 Å². The fourth-order valence-electron chi connectivity index (χ4n) is 7.60. The van der Waals surface area contributed by atoms with Crippen LogP contribution in [0.1, 0.15) is 100 Å². The third-order valence-corrected chi connectivity index (χ3v) is 9.02. The van der Waals surface area contributed by atoms with E-state index in [1.165, 1.54) is 106 Å². The molecule has 3 aliphatic rings. The molecule has 4 aromatic rings. The first-order valence-electron chi connectivity index (χ1n) is 13.5. The van der Waals surface area contributed by atoms with E-state index in [0.717, 1.165) is 0 Å². The van der Waals surface area contributed by atoms with Crippen molar-refractivity contribution in [3.05, 3.63) is 47.7 Å². The first-order chi connectivity index (χ1) is 15.9. The van der Waals surface area contributed by atoms with Crippen molar-refractivity contribution in [2.24, 2.45) is 0 Å². The molecule has 2 heteroatoms. The van der Waals surface area contributed by atoms with Crippen LogP contribution in [0.3, 0.4) is 0 Å². The molecule has 2 nitrogen and oxygen atoms in total. The molecule has 2 aromatic heterocycles. The van der Waals surface area contributed by atoms with Crippen molar-refractivity contribution < 1.29 is 0 Å². The number of rotatable bonds is 2. The fourth-order valence-corrected chi connectivity index (χ4v) is 7.60. The number of hydrogen-bond acceptors (Lipinski definition) is 0. The molecule has 2 saturated carbocycles. The van der Waals surface area contributed by atoms with Gasteiger partial charge in [0.05, 0.1) is 11.0 Å². The van der Waals surface area contributed by atoms with Crippen LogP contribution in [0.5, 0.6) is 0 Å². The molecule has 0 bridgehead atoms. The van der Waals surface area contributed by atoms with Crippen molar-refractivity contribution in [3.8, 4) is 0 Å². The van der Waals surface area contributed by atoms with Crippen LogP contribution in [0.25, 0.3) is 32.7 Å². The summed E-state index contributed by atoms with van der Waals surface area (Å²) in [4.78, 5) is 0. The topological polar surface area (TPSA) is 9.86 Å². The first kappa shape index (κ1) is 19.3. The van der Waals surface area contributed by atoms with Gasteiger partial charge in [-0.25, -0.2) is 0 Å². The van der Waals surface area contributed by atoms with Gasteiger partial charge < -0.3 is 9.13 Å². The van der Waals surface area contributed by atoms with E-state index in [9.17, 15) is 0 Å². The van der Waals surface area contributed by atoms with Gasteiger partial charge >= 0.3 is 0 Å². The summed E-state index contributed by atoms with van der Waals surface area (Å²) in [5, 5.41) is 4.53. The van der Waals surface area contributed by atoms with Crippen LogP contribution in [0, 0.1) is 0 Å². The quantitative estimate of drug-likeness (QED) is 0.305. The normalized spacial score (nSPS) is 21.0. The zero-order chi connectivity index (χ0) is 21.1. The number of aryl methyl sites for hydroxylation is 1. The Morgan fingerprint density at radius 1 is 0.531 bits per heavy atom. The minimum absolute atomic E-state index is 0.656. The van der Waals surface area contributed by atoms with Crippen LogP contribution >= 0.6 is 0 Å². The van der Waals surface area contributed by atoms with Crippen LogP contribution in [-0.2, 0) is 12.8 Å². The monoisotopic (exact) mass is 424 g/mol. The predicted molar refractivity (Wildman–Crippen MR) is 136 cm³/mol. The van der Waals surface area contributed by atoms with Gasteiger partial charge in [0, 0.05) is 39.5 Å². The molecule has 0 radical (unpaired) electrons. The lowest BCUT2D eigenvalue weighted by Crippen LogP contribution is -2.18. The van der Waals surface area contributed by atoms with Gasteiger partial charge in [0.1, 0.15) is 0 Å². The standard InChI is InChI=1S/C30H36N2/c1-3-11-21(12-4-1)31-27-17-9-7-15-23(27)25-19-20-26-24-16-8-10-18-28(24)32(30(26)29(25)31)22-13-5-2-6-14-22/h7,9,15,17,19-22H,1-6,8,10-14,16,18H2. The molecule has 166 valence electrons. The van der Waals surface area contributed by atoms with E-state index in [4.69, 9.17) is 0 Å². The molecule has 2 aromatic carbocycles. The highest BCUT2D eigenvalue weighted by molar-refractivity contribution is 6.17. The predicted octanol–water partition coefficient (Wildman–Crippen LogP) is 8.64. The minimum Gasteiger partial charge on any atom is -0.340 e. The van der Waals surface area contributed by atoms with Crippen molar-refractivity contribution in [1.29, 1.82) is 0 Å². The van der Waals surface area contributed by atoms with E-state index in [1.807, 2.05) is 0 Å². The van der Waals surface area contributed by atoms with Gasteiger partial charge in [-0.3, -0.25) is 0 Å². The second kappa shape index (κ2) is 7.68. The Morgan fingerprint density at radius 2 is 1.16 bits per heavy atom. The highest BCUT2D eigenvalue weighted by Crippen LogP contribution is 2.45. The molecule has 32 heavy (non-hydrogen) atoms. The minimum atomic E-state index is 0.656. The highest BCUT2D eigenvalue weighted by Gasteiger charge is 2.29. The van der Waals surface area contributed by atoms with Gasteiger partial charge in [0.15, 0.2) is 0 Å². The molecule has 0 amide bonds. The second-order valence-corrected chi connectivity index (χ2v) is 10.8. The number of fused-ring (bicyclic) bond motifs is 7. The lowest BCUT2D eigenvalue weighted by atomic mass is 9.93. The van der Waals surface area contributed by atoms with Crippen LogP contribution in [0.2, 0.25) is 0 Å². The molecule has 0 aliphatic heterocycles. The van der Waals surface area contributed by atoms with Crippen molar-refractivity contribution in [2.75, 3.05) is 0 Å². The summed E-state index contributed by atoms with van der Waals surface area (Å²) in [6.07, 6.45) is 19.1. The van der Waals surface area contributed by atoms with E-state index in [-0.39, 0.29) is 0 Å². The van der Waals surface area contributed by atoms with E-state index >= 15 is 0 Å². The molecular formula is C30H36N2. The Bertz CT molecular complexity index is 1290. The molecule has 2 fully saturated rings. The van der Waals surface area contributed by atoms with E-state index in [0.29, 0.717) is 12.1 Å². The van der Waals surface area contributed by atoms with E-state index in [1.54, 1.807) is 27.7 Å². The average Bonchev–Trinajstić information content (AvgIpc) is 3.38. The molecule has 2 heterocycles. The van der Waals surface area contributed by atoms with Gasteiger partial charge in [0.2, 0.25) is 0 Å². The average molecular weight is 425 g/mol. The zero-order valence-corrected chi connectivity index (χ0v) is 19.4. The van der Waals surface area contributed by atoms with Crippen LogP contribution in [0.15, 0.2) is 36.4 Å². The summed E-state index contributed by atoms with van der Waals surface area (Å²) in [5.74, 6) is 0. The largest absolute Gasteiger partial charge is 0.340 e. The molecule has 7 rings (SSSR count). The lowest BCUT2D eigenvalue weighted by Gasteiger charge is -2.29. The number of hydrogen-bond donors (Lipinski definition) is 0. The van der Waals surface area contributed by atoms with Gasteiger partial charge in [0.25, 0.3) is 0 Å². The molecule has 0 atom stereocenters. The third kappa shape index (κ3) is 2.77. The highest BCUT2D eigenvalue weighted by atomic mass is 15.1. The van der Waals surface area contributed by atoms with E-state index < -0.39 is 0 Å². The van der Waals surface area contributed by atoms with Crippen LogP contribution < -0.4 is 0 Å². The van der Waals surface area contributed by atoms with Crippen molar-refractivity contribution in [1.82, 2.24) is 9.13 Å². The summed E-state index contributed by atoms with van der Waals surface area (Å²) in [7, 11) is 0. The second-order valence-electron chi connectivity index (χ2n) is 10.8. The number of aromatic nitrogens is 2. The number of para-hydroxylation sites is 1. The summed E-state index contributed by atoms with van der Waals surface area (Å²) < 4.78 is 5.72. The van der Waals surface area contributed by atoms with Crippen LogP contribution in [-0.4, -0.2) is 9.13 Å². The summed E-state index contributed by atoms with van der Waals surface area (Å²) >= 11 is 0. The third-order valence-electron chi connectivity index (χ3n) is 9.02. The Balaban J connectivity index is 1.62. The fraction of sp³-hybridized carbons (Fsp3) is 0.533. The lowest BCUT2D eigenvalue weighted by molar-refractivity contribution is 0.350. The molecule has 0 N–H and O–H groups in total. The van der Waals surface area contributed by atoms with Gasteiger partial charge in [-0.15, -0.1) is 0 Å². The number of benzene rings is 2. The molecular weight excluding hydrogens is 388 g/mol. The Hall–Kier alpha value is -2.22. The SMILES string of the molecule is c1ccc2c(c1)c1ccc3c4c(n(C5CCCCC5)c3c1n2C1CCCCC1)CCCC4. The van der Waals surface area contributed by atoms with Crippen molar-refractivity contribution in [3.63, 3.8) is 0 Å². The van der Waals surface area contributed by atoms with Gasteiger partial charge in [-0.1, -0.05) is 68.9 Å². The zero-order valence-electron chi connectivity index (χ0n) is 19.4. The number of nitrogens with zero attached hydrogens (tertiary/aromatic N) is 2. The Kier molecular flexibility index (Phi) is 4.62. The summed E-state index contributed by atoms with van der Waals surface area (Å²) in [6.45, 7) is 0. The molecule has 0 spiro atoms. The smallest absolute Gasteiger partial charge is 0.0741 e. The Morgan fingerprint density at radius 3 is 1.94 bits per heavy atom. The van der Waals surface area contributed by atoms with Crippen molar-refractivity contribution in [2.45, 2.75) is 102 Å².